The monoisotopic (exact) mass is 472 g/mol. The van der Waals surface area contributed by atoms with Crippen LogP contribution in [0.15, 0.2) is 67.0 Å². The lowest BCUT2D eigenvalue weighted by molar-refractivity contribution is -0.138. The Morgan fingerprint density at radius 2 is 1.77 bits per heavy atom. The second kappa shape index (κ2) is 11.7. The normalized spacial score (nSPS) is 15.7. The molecule has 0 aliphatic heterocycles. The summed E-state index contributed by atoms with van der Waals surface area (Å²) in [6.45, 7) is 1.78. The summed E-state index contributed by atoms with van der Waals surface area (Å²) >= 11 is 0. The Kier molecular flexibility index (Phi) is 8.18. The van der Waals surface area contributed by atoms with Gasteiger partial charge in [-0.2, -0.15) is 0 Å². The third kappa shape index (κ3) is 6.49. The van der Waals surface area contributed by atoms with Crippen molar-refractivity contribution >= 4 is 11.8 Å². The lowest BCUT2D eigenvalue weighted by atomic mass is 9.90. The number of pyridine rings is 2. The van der Waals surface area contributed by atoms with Gasteiger partial charge in [-0.1, -0.05) is 36.4 Å². The Morgan fingerprint density at radius 1 is 1.00 bits per heavy atom. The van der Waals surface area contributed by atoms with E-state index in [1.807, 2.05) is 36.4 Å². The Balaban J connectivity index is 1.48. The van der Waals surface area contributed by atoms with Crippen molar-refractivity contribution in [2.75, 3.05) is 0 Å². The van der Waals surface area contributed by atoms with E-state index in [-0.39, 0.29) is 18.4 Å². The quantitative estimate of drug-likeness (QED) is 0.416. The van der Waals surface area contributed by atoms with Crippen LogP contribution >= 0.6 is 0 Å². The first-order valence-corrected chi connectivity index (χ1v) is 12.0. The van der Waals surface area contributed by atoms with Crippen molar-refractivity contribution in [3.63, 3.8) is 0 Å². The van der Waals surface area contributed by atoms with Crippen LogP contribution in [0.3, 0.4) is 0 Å². The van der Waals surface area contributed by atoms with Crippen molar-refractivity contribution in [1.82, 2.24) is 20.2 Å². The maximum atomic E-state index is 13.4. The van der Waals surface area contributed by atoms with Crippen LogP contribution in [-0.2, 0) is 35.6 Å². The van der Waals surface area contributed by atoms with Gasteiger partial charge in [0.05, 0.1) is 29.9 Å². The van der Waals surface area contributed by atoms with Gasteiger partial charge in [-0.25, -0.2) is 0 Å². The average molecular weight is 473 g/mol. The number of aryl methyl sites for hydroxylation is 1. The fourth-order valence-corrected chi connectivity index (χ4v) is 4.54. The van der Waals surface area contributed by atoms with Gasteiger partial charge in [0.15, 0.2) is 0 Å². The first-order chi connectivity index (χ1) is 17.0. The number of hydrogen-bond acceptors (Lipinski definition) is 6. The second-order valence-electron chi connectivity index (χ2n) is 8.94. The molecule has 5 N–H and O–H groups in total. The lowest BCUT2D eigenvalue weighted by Crippen LogP contribution is -2.47. The van der Waals surface area contributed by atoms with Crippen LogP contribution < -0.4 is 16.8 Å². The van der Waals surface area contributed by atoms with Gasteiger partial charge >= 0.3 is 0 Å². The summed E-state index contributed by atoms with van der Waals surface area (Å²) < 4.78 is 0. The first-order valence-electron chi connectivity index (χ1n) is 12.0. The number of amides is 2. The van der Waals surface area contributed by atoms with E-state index < -0.39 is 11.9 Å². The van der Waals surface area contributed by atoms with E-state index in [0.29, 0.717) is 19.6 Å². The van der Waals surface area contributed by atoms with E-state index in [9.17, 15) is 9.59 Å². The van der Waals surface area contributed by atoms with E-state index in [1.54, 1.807) is 17.3 Å². The Hall–Kier alpha value is -3.62. The third-order valence-corrected chi connectivity index (χ3v) is 6.30. The van der Waals surface area contributed by atoms with Crippen molar-refractivity contribution in [2.24, 2.45) is 11.5 Å². The molecule has 2 atom stereocenters. The van der Waals surface area contributed by atoms with Gasteiger partial charge in [-0.15, -0.1) is 0 Å². The summed E-state index contributed by atoms with van der Waals surface area (Å²) in [6, 6.07) is 16.9. The molecule has 0 saturated carbocycles. The zero-order valence-corrected chi connectivity index (χ0v) is 19.8. The molecule has 2 amide bonds. The topological polar surface area (TPSA) is 127 Å². The smallest absolute Gasteiger partial charge is 0.240 e. The molecule has 1 aliphatic carbocycles. The van der Waals surface area contributed by atoms with E-state index in [0.717, 1.165) is 47.3 Å². The molecule has 0 fully saturated rings. The van der Waals surface area contributed by atoms with Crippen molar-refractivity contribution in [1.29, 1.82) is 0 Å². The van der Waals surface area contributed by atoms with Gasteiger partial charge in [0.2, 0.25) is 11.8 Å². The fraction of sp³-hybridized carbons (Fsp3) is 0.333. The van der Waals surface area contributed by atoms with E-state index in [1.165, 1.54) is 0 Å². The number of carbonyl (C=O) groups excluding carboxylic acids is 2. The molecule has 0 radical (unpaired) electrons. The average Bonchev–Trinajstić information content (AvgIpc) is 2.88. The summed E-state index contributed by atoms with van der Waals surface area (Å²) in [6.07, 6.45) is 6.06. The Bertz CT molecular complexity index is 1140. The highest BCUT2D eigenvalue weighted by Crippen LogP contribution is 2.34. The molecule has 2 aromatic heterocycles. The van der Waals surface area contributed by atoms with Crippen LogP contribution in [0.1, 0.15) is 53.4 Å². The highest BCUT2D eigenvalue weighted by Gasteiger charge is 2.33. The number of carbonyl (C=O) groups is 2. The van der Waals surface area contributed by atoms with Gasteiger partial charge in [-0.05, 0) is 54.2 Å². The molecule has 3 aromatic rings. The summed E-state index contributed by atoms with van der Waals surface area (Å²) in [5.41, 5.74) is 16.6. The van der Waals surface area contributed by atoms with Gasteiger partial charge in [0.25, 0.3) is 0 Å². The highest BCUT2D eigenvalue weighted by molar-refractivity contribution is 5.87. The molecule has 0 bridgehead atoms. The minimum absolute atomic E-state index is 0.183. The zero-order valence-electron chi connectivity index (χ0n) is 19.8. The standard InChI is InChI=1S/C27H32N6O2/c28-23(15-25(29)34)27(35)33(24-8-3-5-21-6-4-14-32-26(21)24)18-20-11-9-19(10-12-20)16-30-17-22-7-1-2-13-31-22/h1-2,4,6-7,9-14,23-24,30H,3,5,8,15-18,28H2,(H2,29,34)/t23-,24?/m0/s1. The molecule has 182 valence electrons. The first kappa shape index (κ1) is 24.5. The predicted octanol–water partition coefficient (Wildman–Crippen LogP) is 2.38. The number of nitrogens with two attached hydrogens (primary N) is 2. The van der Waals surface area contributed by atoms with E-state index >= 15 is 0 Å². The number of nitrogens with zero attached hydrogens (tertiary/aromatic N) is 3. The summed E-state index contributed by atoms with van der Waals surface area (Å²) in [5, 5.41) is 3.40. The summed E-state index contributed by atoms with van der Waals surface area (Å²) in [4.78, 5) is 35.5. The number of hydrogen-bond donors (Lipinski definition) is 3. The van der Waals surface area contributed by atoms with Gasteiger partial charge in [-0.3, -0.25) is 19.6 Å². The molecule has 1 aliphatic rings. The molecule has 1 unspecified atom stereocenters. The SMILES string of the molecule is NC(=O)C[C@H](N)C(=O)N(Cc1ccc(CNCc2ccccn2)cc1)C1CCCc2cccnc21. The molecule has 35 heavy (non-hydrogen) atoms. The molecule has 8 nitrogen and oxygen atoms in total. The van der Waals surface area contributed by atoms with Crippen LogP contribution in [0.25, 0.3) is 0 Å². The molecule has 0 spiro atoms. The number of rotatable bonds is 10. The number of primary amides is 1. The highest BCUT2D eigenvalue weighted by atomic mass is 16.2. The van der Waals surface area contributed by atoms with Gasteiger partial charge in [0.1, 0.15) is 0 Å². The largest absolute Gasteiger partial charge is 0.370 e. The van der Waals surface area contributed by atoms with Crippen molar-refractivity contribution in [2.45, 2.75) is 57.4 Å². The number of benzene rings is 1. The molecule has 8 heteroatoms. The predicted molar refractivity (Wildman–Crippen MR) is 133 cm³/mol. The molecular weight excluding hydrogens is 440 g/mol. The Labute approximate surface area is 205 Å². The minimum Gasteiger partial charge on any atom is -0.370 e. The summed E-state index contributed by atoms with van der Waals surface area (Å²) in [7, 11) is 0. The minimum atomic E-state index is -0.975. The van der Waals surface area contributed by atoms with E-state index in [4.69, 9.17) is 11.5 Å². The Morgan fingerprint density at radius 3 is 2.51 bits per heavy atom. The van der Waals surface area contributed by atoms with E-state index in [2.05, 4.69) is 33.5 Å². The maximum Gasteiger partial charge on any atom is 0.240 e. The molecular formula is C27H32N6O2. The molecule has 2 heterocycles. The molecule has 0 saturated heterocycles. The van der Waals surface area contributed by atoms with Crippen molar-refractivity contribution < 1.29 is 9.59 Å². The maximum absolute atomic E-state index is 13.4. The zero-order chi connectivity index (χ0) is 24.6. The molecule has 4 rings (SSSR count). The number of nitrogens with one attached hydrogen (secondary N) is 1. The fourth-order valence-electron chi connectivity index (χ4n) is 4.54. The van der Waals surface area contributed by atoms with Gasteiger partial charge < -0.3 is 21.7 Å². The van der Waals surface area contributed by atoms with Crippen LogP contribution in [0.5, 0.6) is 0 Å². The van der Waals surface area contributed by atoms with Crippen molar-refractivity contribution in [3.05, 3.63) is 95.1 Å². The van der Waals surface area contributed by atoms with Crippen LogP contribution in [0, 0.1) is 0 Å². The van der Waals surface area contributed by atoms with Crippen molar-refractivity contribution in [3.8, 4) is 0 Å². The van der Waals surface area contributed by atoms with Gasteiger partial charge in [0, 0.05) is 32.0 Å². The second-order valence-corrected chi connectivity index (χ2v) is 8.94. The molecule has 1 aromatic carbocycles. The van der Waals surface area contributed by atoms with Crippen LogP contribution in [0.2, 0.25) is 0 Å². The number of aromatic nitrogens is 2. The summed E-state index contributed by atoms with van der Waals surface area (Å²) in [5.74, 6) is -0.871. The lowest BCUT2D eigenvalue weighted by Gasteiger charge is -2.36. The van der Waals surface area contributed by atoms with Crippen LogP contribution in [0.4, 0.5) is 0 Å². The number of fused-ring (bicyclic) bond motifs is 1. The van der Waals surface area contributed by atoms with Crippen LogP contribution in [-0.4, -0.2) is 32.7 Å². The third-order valence-electron chi connectivity index (χ3n) is 6.30.